The van der Waals surface area contributed by atoms with Crippen molar-refractivity contribution in [1.29, 1.82) is 0 Å². The smallest absolute Gasteiger partial charge is 0.301 e. The number of nitrogens with one attached hydrogen (secondary N) is 1. The molecule has 10 heteroatoms. The van der Waals surface area contributed by atoms with E-state index in [1.54, 1.807) is 6.07 Å². The summed E-state index contributed by atoms with van der Waals surface area (Å²) in [7, 11) is 1.54. The Kier molecular flexibility index (Phi) is 5.15. The Hall–Kier alpha value is -3.69. The van der Waals surface area contributed by atoms with Gasteiger partial charge in [0.2, 0.25) is 0 Å². The molecule has 2 aromatic rings. The highest BCUT2D eigenvalue weighted by molar-refractivity contribution is 5.87. The molecule has 0 saturated heterocycles. The van der Waals surface area contributed by atoms with Crippen LogP contribution in [-0.4, -0.2) is 29.8 Å². The van der Waals surface area contributed by atoms with E-state index in [4.69, 9.17) is 9.47 Å². The number of nitro groups is 2. The first-order valence-corrected chi connectivity index (χ1v) is 8.06. The highest BCUT2D eigenvalue weighted by Crippen LogP contribution is 2.33. The largest absolute Gasteiger partial charge is 0.496 e. The van der Waals surface area contributed by atoms with Gasteiger partial charge >= 0.3 is 5.69 Å². The minimum absolute atomic E-state index is 0.0434. The van der Waals surface area contributed by atoms with Gasteiger partial charge in [0.25, 0.3) is 5.69 Å². The summed E-state index contributed by atoms with van der Waals surface area (Å²) < 4.78 is 11.0. The summed E-state index contributed by atoms with van der Waals surface area (Å²) in [5, 5.41) is 26.0. The van der Waals surface area contributed by atoms with E-state index in [9.17, 15) is 20.2 Å². The first-order valence-electron chi connectivity index (χ1n) is 8.06. The lowest BCUT2D eigenvalue weighted by Crippen LogP contribution is -2.11. The van der Waals surface area contributed by atoms with Crippen molar-refractivity contribution in [2.75, 3.05) is 19.1 Å². The first-order chi connectivity index (χ1) is 13.0. The van der Waals surface area contributed by atoms with Crippen molar-refractivity contribution in [2.45, 2.75) is 12.8 Å². The van der Waals surface area contributed by atoms with Crippen LogP contribution in [0.5, 0.6) is 11.5 Å². The van der Waals surface area contributed by atoms with Crippen LogP contribution in [0, 0.1) is 20.2 Å². The third kappa shape index (κ3) is 3.78. The topological polar surface area (TPSA) is 129 Å². The van der Waals surface area contributed by atoms with Crippen LogP contribution in [0.3, 0.4) is 0 Å². The van der Waals surface area contributed by atoms with E-state index in [-0.39, 0.29) is 11.4 Å². The Bertz CT molecular complexity index is 928. The third-order valence-corrected chi connectivity index (χ3v) is 4.09. The second-order valence-corrected chi connectivity index (χ2v) is 5.70. The highest BCUT2D eigenvalue weighted by atomic mass is 16.6. The van der Waals surface area contributed by atoms with Crippen molar-refractivity contribution in [3.05, 3.63) is 61.7 Å². The molecule has 1 N–H and O–H groups in total. The Morgan fingerprint density at radius 1 is 1.22 bits per heavy atom. The third-order valence-electron chi connectivity index (χ3n) is 4.09. The number of methoxy groups -OCH3 is 1. The fourth-order valence-electron chi connectivity index (χ4n) is 2.81. The lowest BCUT2D eigenvalue weighted by molar-refractivity contribution is -0.393. The summed E-state index contributed by atoms with van der Waals surface area (Å²) in [6.45, 7) is 0.642. The fraction of sp³-hybridized carbons (Fsp3) is 0.235. The molecule has 0 atom stereocenters. The van der Waals surface area contributed by atoms with Crippen LogP contribution in [-0.2, 0) is 6.42 Å². The SMILES string of the molecule is COc1ccc2c(c1/C=N/Nc1ccc([N+](=O)[O-])cc1[N+](=O)[O-])CCCO2. The van der Waals surface area contributed by atoms with Gasteiger partial charge in [0.15, 0.2) is 0 Å². The monoisotopic (exact) mass is 372 g/mol. The maximum atomic E-state index is 11.2. The molecule has 0 saturated carbocycles. The van der Waals surface area contributed by atoms with E-state index < -0.39 is 15.5 Å². The molecule has 3 rings (SSSR count). The Morgan fingerprint density at radius 2 is 2.04 bits per heavy atom. The molecule has 1 aliphatic heterocycles. The predicted octanol–water partition coefficient (Wildman–Crippen LogP) is 3.28. The lowest BCUT2D eigenvalue weighted by Gasteiger charge is -2.20. The molecular weight excluding hydrogens is 356 g/mol. The van der Waals surface area contributed by atoms with Gasteiger partial charge in [-0.15, -0.1) is 0 Å². The van der Waals surface area contributed by atoms with Gasteiger partial charge in [-0.1, -0.05) is 0 Å². The Labute approximate surface area is 153 Å². The van der Waals surface area contributed by atoms with Gasteiger partial charge < -0.3 is 9.47 Å². The number of nitro benzene ring substituents is 2. The second kappa shape index (κ2) is 7.68. The van der Waals surface area contributed by atoms with Gasteiger partial charge in [-0.3, -0.25) is 25.7 Å². The van der Waals surface area contributed by atoms with Crippen LogP contribution in [0.4, 0.5) is 17.1 Å². The maximum absolute atomic E-state index is 11.2. The van der Waals surface area contributed by atoms with E-state index in [1.165, 1.54) is 25.5 Å². The quantitative estimate of drug-likeness (QED) is 0.468. The summed E-state index contributed by atoms with van der Waals surface area (Å²) in [5.74, 6) is 1.35. The molecule has 0 unspecified atom stereocenters. The van der Waals surface area contributed by atoms with Gasteiger partial charge in [0, 0.05) is 17.2 Å². The van der Waals surface area contributed by atoms with Crippen LogP contribution in [0.15, 0.2) is 35.4 Å². The zero-order valence-electron chi connectivity index (χ0n) is 14.4. The number of hydrogen-bond acceptors (Lipinski definition) is 8. The minimum atomic E-state index is -0.705. The molecule has 0 spiro atoms. The summed E-state index contributed by atoms with van der Waals surface area (Å²) >= 11 is 0. The van der Waals surface area contributed by atoms with E-state index in [0.717, 1.165) is 30.2 Å². The summed E-state index contributed by atoms with van der Waals surface area (Å²) in [4.78, 5) is 20.6. The van der Waals surface area contributed by atoms with E-state index in [0.29, 0.717) is 17.9 Å². The minimum Gasteiger partial charge on any atom is -0.496 e. The number of fused-ring (bicyclic) bond motifs is 1. The lowest BCUT2D eigenvalue weighted by atomic mass is 9.99. The number of nitrogens with zero attached hydrogens (tertiary/aromatic N) is 3. The highest BCUT2D eigenvalue weighted by Gasteiger charge is 2.20. The number of ether oxygens (including phenoxy) is 2. The van der Waals surface area contributed by atoms with Gasteiger partial charge in [0.1, 0.15) is 17.2 Å². The van der Waals surface area contributed by atoms with Crippen molar-refractivity contribution in [2.24, 2.45) is 5.10 Å². The molecule has 0 bridgehead atoms. The summed E-state index contributed by atoms with van der Waals surface area (Å²) in [6, 6.07) is 6.90. The van der Waals surface area contributed by atoms with Crippen molar-refractivity contribution in [3.8, 4) is 11.5 Å². The second-order valence-electron chi connectivity index (χ2n) is 5.70. The number of rotatable bonds is 6. The van der Waals surface area contributed by atoms with Crippen LogP contribution < -0.4 is 14.9 Å². The zero-order chi connectivity index (χ0) is 19.4. The molecule has 0 aromatic heterocycles. The average molecular weight is 372 g/mol. The molecule has 140 valence electrons. The van der Waals surface area contributed by atoms with Gasteiger partial charge in [-0.05, 0) is 31.0 Å². The van der Waals surface area contributed by atoms with Crippen LogP contribution >= 0.6 is 0 Å². The van der Waals surface area contributed by atoms with Crippen molar-refractivity contribution >= 4 is 23.3 Å². The summed E-state index contributed by atoms with van der Waals surface area (Å²) in [6.07, 6.45) is 3.16. The number of anilines is 1. The normalized spacial score (nSPS) is 12.9. The molecule has 0 amide bonds. The van der Waals surface area contributed by atoms with Crippen molar-refractivity contribution in [1.82, 2.24) is 0 Å². The number of non-ortho nitro benzene ring substituents is 1. The fourth-order valence-corrected chi connectivity index (χ4v) is 2.81. The van der Waals surface area contributed by atoms with E-state index in [2.05, 4.69) is 10.5 Å². The van der Waals surface area contributed by atoms with Gasteiger partial charge in [-0.2, -0.15) is 5.10 Å². The van der Waals surface area contributed by atoms with Crippen LogP contribution in [0.2, 0.25) is 0 Å². The number of hydrazone groups is 1. The Balaban J connectivity index is 1.90. The van der Waals surface area contributed by atoms with E-state index >= 15 is 0 Å². The molecule has 10 nitrogen and oxygen atoms in total. The molecule has 0 aliphatic carbocycles. The van der Waals surface area contributed by atoms with Gasteiger partial charge in [0.05, 0.1) is 35.8 Å². The van der Waals surface area contributed by atoms with Crippen molar-refractivity contribution in [3.63, 3.8) is 0 Å². The number of hydrogen-bond donors (Lipinski definition) is 1. The zero-order valence-corrected chi connectivity index (χ0v) is 14.4. The molecule has 0 fully saturated rings. The Morgan fingerprint density at radius 3 is 2.74 bits per heavy atom. The predicted molar refractivity (Wildman–Crippen MR) is 97.8 cm³/mol. The average Bonchev–Trinajstić information content (AvgIpc) is 2.67. The number of benzene rings is 2. The standard InChI is InChI=1S/C17H16N4O6/c1-26-16-6-7-17-12(3-2-8-27-17)13(16)10-18-19-14-5-4-11(20(22)23)9-15(14)21(24)25/h4-7,9-10,19H,2-3,8H2,1H3/b18-10+. The molecule has 27 heavy (non-hydrogen) atoms. The first kappa shape index (κ1) is 18.1. The van der Waals surface area contributed by atoms with Gasteiger partial charge in [-0.25, -0.2) is 0 Å². The van der Waals surface area contributed by atoms with E-state index in [1.807, 2.05) is 6.07 Å². The van der Waals surface area contributed by atoms with Crippen LogP contribution in [0.1, 0.15) is 17.5 Å². The molecule has 1 heterocycles. The maximum Gasteiger partial charge on any atom is 0.301 e. The molecule has 0 radical (unpaired) electrons. The van der Waals surface area contributed by atoms with Crippen LogP contribution in [0.25, 0.3) is 0 Å². The molecular formula is C17H16N4O6. The molecule has 2 aromatic carbocycles. The molecule has 1 aliphatic rings. The summed E-state index contributed by atoms with van der Waals surface area (Å²) in [5.41, 5.74) is 3.48. The van der Waals surface area contributed by atoms with Crippen molar-refractivity contribution < 1.29 is 19.3 Å².